The number of thioether (sulfide) groups is 1. The lowest BCUT2D eigenvalue weighted by atomic mass is 10.1. The largest absolute Gasteiger partial charge is 0.466 e. The minimum Gasteiger partial charge on any atom is -0.466 e. The molecule has 0 spiro atoms. The van der Waals surface area contributed by atoms with Gasteiger partial charge in [-0.05, 0) is 55.1 Å². The van der Waals surface area contributed by atoms with Crippen molar-refractivity contribution in [3.05, 3.63) is 76.2 Å². The van der Waals surface area contributed by atoms with Crippen molar-refractivity contribution in [3.63, 3.8) is 0 Å². The summed E-state index contributed by atoms with van der Waals surface area (Å²) < 4.78 is 11.5. The summed E-state index contributed by atoms with van der Waals surface area (Å²) in [5.74, 6) is -0.484. The van der Waals surface area contributed by atoms with E-state index >= 15 is 0 Å². The SMILES string of the molecule is CCOC(=O)Cc1c(/C=C/C=C2\Sc3ccccc3N2CC(=O)OCC)sc2ccccc12. The van der Waals surface area contributed by atoms with Crippen molar-refractivity contribution < 1.29 is 19.1 Å². The van der Waals surface area contributed by atoms with Crippen molar-refractivity contribution in [2.24, 2.45) is 0 Å². The zero-order valence-corrected chi connectivity index (χ0v) is 20.2. The van der Waals surface area contributed by atoms with Crippen LogP contribution in [0, 0.1) is 0 Å². The number of rotatable bonds is 8. The normalized spacial score (nSPS) is 14.2. The number of ether oxygens (including phenoxy) is 2. The van der Waals surface area contributed by atoms with Crippen molar-refractivity contribution in [1.29, 1.82) is 0 Å². The number of hydrogen-bond donors (Lipinski definition) is 0. The van der Waals surface area contributed by atoms with Gasteiger partial charge in [0.15, 0.2) is 0 Å². The van der Waals surface area contributed by atoms with Gasteiger partial charge in [-0.15, -0.1) is 11.3 Å². The van der Waals surface area contributed by atoms with Gasteiger partial charge >= 0.3 is 11.9 Å². The highest BCUT2D eigenvalue weighted by atomic mass is 32.2. The van der Waals surface area contributed by atoms with Gasteiger partial charge in [0.2, 0.25) is 0 Å². The number of carbonyl (C=O) groups is 2. The molecule has 4 rings (SSSR count). The topological polar surface area (TPSA) is 55.8 Å². The molecule has 2 aromatic carbocycles. The molecule has 0 fully saturated rings. The van der Waals surface area contributed by atoms with E-state index < -0.39 is 0 Å². The van der Waals surface area contributed by atoms with Gasteiger partial charge < -0.3 is 14.4 Å². The predicted molar refractivity (Wildman–Crippen MR) is 136 cm³/mol. The lowest BCUT2D eigenvalue weighted by molar-refractivity contribution is -0.142. The summed E-state index contributed by atoms with van der Waals surface area (Å²) in [4.78, 5) is 28.5. The molecular formula is C26H25NO4S2. The molecule has 0 saturated heterocycles. The van der Waals surface area contributed by atoms with E-state index in [0.29, 0.717) is 13.2 Å². The number of para-hydroxylation sites is 1. The first kappa shape index (κ1) is 23.1. The van der Waals surface area contributed by atoms with Crippen LogP contribution in [0.4, 0.5) is 5.69 Å². The van der Waals surface area contributed by atoms with E-state index in [2.05, 4.69) is 6.07 Å². The van der Waals surface area contributed by atoms with Crippen molar-refractivity contribution in [1.82, 2.24) is 0 Å². The molecular weight excluding hydrogens is 454 g/mol. The van der Waals surface area contributed by atoms with Crippen LogP contribution in [0.3, 0.4) is 0 Å². The first-order valence-electron chi connectivity index (χ1n) is 10.8. The monoisotopic (exact) mass is 479 g/mol. The second-order valence-corrected chi connectivity index (χ2v) is 9.39. The maximum Gasteiger partial charge on any atom is 0.325 e. The maximum atomic E-state index is 12.2. The van der Waals surface area contributed by atoms with E-state index in [1.807, 2.05) is 79.4 Å². The van der Waals surface area contributed by atoms with Gasteiger partial charge in [0.25, 0.3) is 0 Å². The van der Waals surface area contributed by atoms with Gasteiger partial charge in [-0.2, -0.15) is 0 Å². The van der Waals surface area contributed by atoms with Crippen LogP contribution in [0.25, 0.3) is 16.2 Å². The first-order valence-corrected chi connectivity index (χ1v) is 12.5. The average Bonchev–Trinajstić information content (AvgIpc) is 3.32. The number of thiophene rings is 1. The number of carbonyl (C=O) groups excluding carboxylic acids is 2. The molecule has 7 heteroatoms. The van der Waals surface area contributed by atoms with Crippen LogP contribution in [-0.2, 0) is 25.5 Å². The first-order chi connectivity index (χ1) is 16.1. The van der Waals surface area contributed by atoms with E-state index in [-0.39, 0.29) is 24.9 Å². The lowest BCUT2D eigenvalue weighted by Crippen LogP contribution is -2.27. The number of hydrogen-bond acceptors (Lipinski definition) is 7. The van der Waals surface area contributed by atoms with Gasteiger partial charge in [0.1, 0.15) is 6.54 Å². The molecule has 170 valence electrons. The van der Waals surface area contributed by atoms with Crippen LogP contribution in [0.15, 0.2) is 70.6 Å². The number of anilines is 1. The average molecular weight is 480 g/mol. The minimum atomic E-state index is -0.258. The highest BCUT2D eigenvalue weighted by Crippen LogP contribution is 2.45. The highest BCUT2D eigenvalue weighted by Gasteiger charge is 2.26. The number of fused-ring (bicyclic) bond motifs is 2. The molecule has 0 radical (unpaired) electrons. The third kappa shape index (κ3) is 5.31. The molecule has 33 heavy (non-hydrogen) atoms. The number of esters is 2. The zero-order valence-electron chi connectivity index (χ0n) is 18.6. The Hall–Kier alpha value is -3.03. The second-order valence-electron chi connectivity index (χ2n) is 7.25. The van der Waals surface area contributed by atoms with Gasteiger partial charge in [-0.25, -0.2) is 0 Å². The summed E-state index contributed by atoms with van der Waals surface area (Å²) in [7, 11) is 0. The van der Waals surface area contributed by atoms with Crippen LogP contribution in [0.1, 0.15) is 24.3 Å². The molecule has 0 bridgehead atoms. The van der Waals surface area contributed by atoms with Crippen LogP contribution in [-0.4, -0.2) is 31.7 Å². The molecule has 0 aliphatic carbocycles. The van der Waals surface area contributed by atoms with Gasteiger partial charge in [-0.1, -0.05) is 48.2 Å². The van der Waals surface area contributed by atoms with E-state index in [4.69, 9.17) is 9.47 Å². The van der Waals surface area contributed by atoms with Crippen molar-refractivity contribution in [2.75, 3.05) is 24.7 Å². The van der Waals surface area contributed by atoms with Crippen LogP contribution in [0.5, 0.6) is 0 Å². The third-order valence-corrected chi connectivity index (χ3v) is 7.38. The summed E-state index contributed by atoms with van der Waals surface area (Å²) in [6.45, 7) is 4.51. The number of allylic oxidation sites excluding steroid dienone is 2. The van der Waals surface area contributed by atoms with Crippen LogP contribution < -0.4 is 4.90 Å². The molecule has 1 aromatic heterocycles. The Morgan fingerprint density at radius 2 is 1.70 bits per heavy atom. The predicted octanol–water partition coefficient (Wildman–Crippen LogP) is 6.04. The van der Waals surface area contributed by atoms with Gasteiger partial charge in [-0.3, -0.25) is 9.59 Å². The van der Waals surface area contributed by atoms with E-state index in [9.17, 15) is 9.59 Å². The van der Waals surface area contributed by atoms with E-state index in [1.54, 1.807) is 23.1 Å². The molecule has 2 heterocycles. The van der Waals surface area contributed by atoms with E-state index in [0.717, 1.165) is 36.1 Å². The van der Waals surface area contributed by atoms with Crippen molar-refractivity contribution in [2.45, 2.75) is 25.2 Å². The Balaban J connectivity index is 1.62. The van der Waals surface area contributed by atoms with Crippen molar-refractivity contribution in [3.8, 4) is 0 Å². The summed E-state index contributed by atoms with van der Waals surface area (Å²) in [6, 6.07) is 16.1. The minimum absolute atomic E-state index is 0.161. The summed E-state index contributed by atoms with van der Waals surface area (Å²) in [6.07, 6.45) is 6.25. The quantitative estimate of drug-likeness (QED) is 0.367. The maximum absolute atomic E-state index is 12.2. The summed E-state index contributed by atoms with van der Waals surface area (Å²) in [5.41, 5.74) is 1.98. The fourth-order valence-corrected chi connectivity index (χ4v) is 5.90. The fourth-order valence-electron chi connectivity index (χ4n) is 3.68. The molecule has 0 amide bonds. The molecule has 0 saturated carbocycles. The number of benzene rings is 2. The van der Waals surface area contributed by atoms with Crippen LogP contribution in [0.2, 0.25) is 0 Å². The zero-order chi connectivity index (χ0) is 23.2. The number of nitrogens with zero attached hydrogens (tertiary/aromatic N) is 1. The molecule has 1 aliphatic heterocycles. The third-order valence-electron chi connectivity index (χ3n) is 5.07. The Kier molecular flexibility index (Phi) is 7.52. The van der Waals surface area contributed by atoms with Crippen LogP contribution >= 0.6 is 23.1 Å². The molecule has 0 unspecified atom stereocenters. The van der Waals surface area contributed by atoms with Gasteiger partial charge in [0, 0.05) is 14.5 Å². The second kappa shape index (κ2) is 10.7. The highest BCUT2D eigenvalue weighted by molar-refractivity contribution is 8.03. The molecule has 0 N–H and O–H groups in total. The fraction of sp³-hybridized carbons (Fsp3) is 0.231. The standard InChI is InChI=1S/C26H25NO4S2/c1-3-30-25(28)16-19-18-10-5-7-12-21(18)32-22(19)14-9-15-24-27(17-26(29)31-4-2)20-11-6-8-13-23(20)33-24/h5-15H,3-4,16-17H2,1-2H3/b14-9+,24-15-. The van der Waals surface area contributed by atoms with Crippen molar-refractivity contribution >= 4 is 56.9 Å². The Morgan fingerprint density at radius 3 is 2.52 bits per heavy atom. The molecule has 1 aliphatic rings. The summed E-state index contributed by atoms with van der Waals surface area (Å²) in [5, 5.41) is 2.03. The molecule has 3 aromatic rings. The summed E-state index contributed by atoms with van der Waals surface area (Å²) >= 11 is 3.28. The molecule has 5 nitrogen and oxygen atoms in total. The Morgan fingerprint density at radius 1 is 0.970 bits per heavy atom. The molecule has 0 atom stereocenters. The smallest absolute Gasteiger partial charge is 0.325 e. The Labute approximate surface area is 201 Å². The lowest BCUT2D eigenvalue weighted by Gasteiger charge is -2.18. The Bertz CT molecular complexity index is 1230. The van der Waals surface area contributed by atoms with Gasteiger partial charge in [0.05, 0.1) is 30.4 Å². The van der Waals surface area contributed by atoms with E-state index in [1.165, 1.54) is 0 Å².